The number of ether oxygens (including phenoxy) is 1. The van der Waals surface area contributed by atoms with E-state index in [1.54, 1.807) is 23.6 Å². The highest BCUT2D eigenvalue weighted by molar-refractivity contribution is 7.14. The number of esters is 1. The summed E-state index contributed by atoms with van der Waals surface area (Å²) in [7, 11) is 0. The number of thiophene rings is 1. The average molecular weight is 317 g/mol. The summed E-state index contributed by atoms with van der Waals surface area (Å²) in [6.45, 7) is -0.751. The first-order valence-corrected chi connectivity index (χ1v) is 7.06. The molecule has 7 nitrogen and oxygen atoms in total. The van der Waals surface area contributed by atoms with E-state index in [0.29, 0.717) is 10.6 Å². The zero-order valence-electron chi connectivity index (χ0n) is 11.3. The van der Waals surface area contributed by atoms with Crippen LogP contribution >= 0.6 is 11.3 Å². The summed E-state index contributed by atoms with van der Waals surface area (Å²) in [4.78, 5) is 34.6. The Morgan fingerprint density at radius 2 is 2.18 bits per heavy atom. The Labute approximate surface area is 129 Å². The van der Waals surface area contributed by atoms with Crippen molar-refractivity contribution in [2.75, 3.05) is 11.9 Å². The molecule has 0 saturated carbocycles. The molecule has 0 saturated heterocycles. The number of carbonyl (C=O) groups excluding carboxylic acids is 2. The van der Waals surface area contributed by atoms with Gasteiger partial charge >= 0.3 is 5.97 Å². The molecular weight excluding hydrogens is 306 g/mol. The minimum absolute atomic E-state index is 0.268. The lowest BCUT2D eigenvalue weighted by Crippen LogP contribution is -2.26. The van der Waals surface area contributed by atoms with Crippen LogP contribution in [-0.2, 0) is 20.9 Å². The normalized spacial score (nSPS) is 9.77. The number of nitriles is 1. The van der Waals surface area contributed by atoms with Crippen LogP contribution in [0, 0.1) is 11.3 Å². The summed E-state index contributed by atoms with van der Waals surface area (Å²) < 4.78 is 5.97. The Kier molecular flexibility index (Phi) is 5.06. The Bertz CT molecular complexity index is 788. The van der Waals surface area contributed by atoms with Gasteiger partial charge in [-0.1, -0.05) is 6.07 Å². The molecule has 22 heavy (non-hydrogen) atoms. The van der Waals surface area contributed by atoms with Crippen LogP contribution in [0.1, 0.15) is 5.56 Å². The highest BCUT2D eigenvalue weighted by Crippen LogP contribution is 2.21. The summed E-state index contributed by atoms with van der Waals surface area (Å²) in [6.07, 6.45) is 1.45. The topological polar surface area (TPSA) is 101 Å². The third-order valence-corrected chi connectivity index (χ3v) is 3.43. The van der Waals surface area contributed by atoms with Gasteiger partial charge in [-0.15, -0.1) is 11.3 Å². The van der Waals surface area contributed by atoms with Gasteiger partial charge in [0.25, 0.3) is 11.5 Å². The monoisotopic (exact) mass is 317 g/mol. The van der Waals surface area contributed by atoms with E-state index in [1.807, 2.05) is 6.07 Å². The first kappa shape index (κ1) is 15.5. The molecule has 0 fully saturated rings. The number of hydrogen-bond donors (Lipinski definition) is 1. The predicted octanol–water partition coefficient (Wildman–Crippen LogP) is 0.963. The van der Waals surface area contributed by atoms with Crippen LogP contribution in [-0.4, -0.2) is 23.1 Å². The van der Waals surface area contributed by atoms with Gasteiger partial charge in [-0.3, -0.25) is 14.4 Å². The fourth-order valence-electron chi connectivity index (χ4n) is 1.58. The Balaban J connectivity index is 1.84. The Morgan fingerprint density at radius 1 is 1.36 bits per heavy atom. The molecule has 0 aliphatic rings. The van der Waals surface area contributed by atoms with Crippen molar-refractivity contribution >= 4 is 28.2 Å². The molecule has 1 amide bonds. The van der Waals surface area contributed by atoms with Gasteiger partial charge in [-0.2, -0.15) is 5.26 Å². The molecule has 2 heterocycles. The minimum atomic E-state index is -0.699. The SMILES string of the molecule is N#Cc1ccsc1NC(=O)COC(=O)Cn1ccccc1=O. The van der Waals surface area contributed by atoms with Crippen molar-refractivity contribution in [2.45, 2.75) is 6.54 Å². The molecule has 0 aliphatic heterocycles. The van der Waals surface area contributed by atoms with Gasteiger partial charge in [0.1, 0.15) is 17.6 Å². The van der Waals surface area contributed by atoms with Crippen LogP contribution in [0.5, 0.6) is 0 Å². The molecule has 8 heteroatoms. The summed E-state index contributed by atoms with van der Waals surface area (Å²) in [5, 5.41) is 13.4. The number of amides is 1. The number of anilines is 1. The zero-order chi connectivity index (χ0) is 15.9. The standard InChI is InChI=1S/C14H11N3O4S/c15-7-10-4-6-22-14(10)16-11(18)9-21-13(20)8-17-5-2-1-3-12(17)19/h1-6H,8-9H2,(H,16,18). The molecule has 0 unspecified atom stereocenters. The maximum absolute atomic E-state index is 11.6. The number of rotatable bonds is 5. The summed E-state index contributed by atoms with van der Waals surface area (Å²) in [5.41, 5.74) is 0.0154. The van der Waals surface area contributed by atoms with Crippen LogP contribution in [0.25, 0.3) is 0 Å². The van der Waals surface area contributed by atoms with Crippen molar-refractivity contribution < 1.29 is 14.3 Å². The number of aromatic nitrogens is 1. The largest absolute Gasteiger partial charge is 0.454 e. The van der Waals surface area contributed by atoms with Crippen LogP contribution in [0.3, 0.4) is 0 Å². The number of pyridine rings is 1. The first-order chi connectivity index (χ1) is 10.6. The van der Waals surface area contributed by atoms with Crippen LogP contribution < -0.4 is 10.9 Å². The van der Waals surface area contributed by atoms with Gasteiger partial charge < -0.3 is 14.6 Å². The molecule has 0 atom stereocenters. The highest BCUT2D eigenvalue weighted by Gasteiger charge is 2.11. The molecule has 0 spiro atoms. The van der Waals surface area contributed by atoms with E-state index in [4.69, 9.17) is 10.00 Å². The fourth-order valence-corrected chi connectivity index (χ4v) is 2.33. The molecule has 0 aromatic carbocycles. The summed E-state index contributed by atoms with van der Waals surface area (Å²) >= 11 is 1.20. The lowest BCUT2D eigenvalue weighted by molar-refractivity contribution is -0.147. The van der Waals surface area contributed by atoms with Crippen LogP contribution in [0.4, 0.5) is 5.00 Å². The minimum Gasteiger partial charge on any atom is -0.454 e. The van der Waals surface area contributed by atoms with Gasteiger partial charge in [0.2, 0.25) is 0 Å². The second-order valence-corrected chi connectivity index (χ2v) is 5.07. The van der Waals surface area contributed by atoms with E-state index >= 15 is 0 Å². The van der Waals surface area contributed by atoms with Crippen LogP contribution in [0.2, 0.25) is 0 Å². The van der Waals surface area contributed by atoms with E-state index < -0.39 is 18.5 Å². The summed E-state index contributed by atoms with van der Waals surface area (Å²) in [6, 6.07) is 8.01. The molecule has 2 aromatic rings. The highest BCUT2D eigenvalue weighted by atomic mass is 32.1. The fraction of sp³-hybridized carbons (Fsp3) is 0.143. The van der Waals surface area contributed by atoms with Crippen LogP contribution in [0.15, 0.2) is 40.6 Å². The van der Waals surface area contributed by atoms with Crippen molar-refractivity contribution in [1.29, 1.82) is 5.26 Å². The molecule has 2 rings (SSSR count). The van der Waals surface area contributed by atoms with Crippen molar-refractivity contribution in [2.24, 2.45) is 0 Å². The van der Waals surface area contributed by atoms with Crippen molar-refractivity contribution in [1.82, 2.24) is 4.57 Å². The lowest BCUT2D eigenvalue weighted by Gasteiger charge is -2.07. The third kappa shape index (κ3) is 4.04. The maximum Gasteiger partial charge on any atom is 0.326 e. The third-order valence-electron chi connectivity index (χ3n) is 2.60. The van der Waals surface area contributed by atoms with Gasteiger partial charge in [0.15, 0.2) is 6.61 Å². The van der Waals surface area contributed by atoms with Crippen molar-refractivity contribution in [3.63, 3.8) is 0 Å². The molecule has 1 N–H and O–H groups in total. The van der Waals surface area contributed by atoms with E-state index in [0.717, 1.165) is 0 Å². The van der Waals surface area contributed by atoms with Gasteiger partial charge in [0, 0.05) is 12.3 Å². The smallest absolute Gasteiger partial charge is 0.326 e. The molecule has 0 radical (unpaired) electrons. The Hall–Kier alpha value is -2.92. The molecule has 0 aliphatic carbocycles. The lowest BCUT2D eigenvalue weighted by atomic mass is 10.3. The predicted molar refractivity (Wildman–Crippen MR) is 79.3 cm³/mol. The molecule has 112 valence electrons. The zero-order valence-corrected chi connectivity index (χ0v) is 12.1. The van der Waals surface area contributed by atoms with E-state index in [1.165, 1.54) is 28.2 Å². The molecular formula is C14H11N3O4S. The van der Waals surface area contributed by atoms with E-state index in [9.17, 15) is 14.4 Å². The second kappa shape index (κ2) is 7.19. The van der Waals surface area contributed by atoms with E-state index in [2.05, 4.69) is 5.32 Å². The van der Waals surface area contributed by atoms with Crippen molar-refractivity contribution in [3.8, 4) is 6.07 Å². The first-order valence-electron chi connectivity index (χ1n) is 6.18. The van der Waals surface area contributed by atoms with Gasteiger partial charge in [0.05, 0.1) is 5.56 Å². The van der Waals surface area contributed by atoms with Gasteiger partial charge in [-0.05, 0) is 17.5 Å². The number of nitrogens with one attached hydrogen (secondary N) is 1. The number of nitrogens with zero attached hydrogens (tertiary/aromatic N) is 2. The Morgan fingerprint density at radius 3 is 2.91 bits per heavy atom. The average Bonchev–Trinajstić information content (AvgIpc) is 2.94. The van der Waals surface area contributed by atoms with Crippen molar-refractivity contribution in [3.05, 3.63) is 51.8 Å². The second-order valence-electron chi connectivity index (χ2n) is 4.15. The van der Waals surface area contributed by atoms with Gasteiger partial charge in [-0.25, -0.2) is 0 Å². The number of carbonyl (C=O) groups is 2. The maximum atomic E-state index is 11.6. The number of hydrogen-bond acceptors (Lipinski definition) is 6. The van der Waals surface area contributed by atoms with E-state index in [-0.39, 0.29) is 12.1 Å². The summed E-state index contributed by atoms with van der Waals surface area (Å²) in [5.74, 6) is -1.25. The quantitative estimate of drug-likeness (QED) is 0.828. The molecule has 0 bridgehead atoms. The molecule has 2 aromatic heterocycles.